The summed E-state index contributed by atoms with van der Waals surface area (Å²) in [6.45, 7) is 5.05. The van der Waals surface area contributed by atoms with Gasteiger partial charge in [-0.2, -0.15) is 23.3 Å². The van der Waals surface area contributed by atoms with Crippen molar-refractivity contribution >= 4 is 23.4 Å². The first kappa shape index (κ1) is 25.7. The molecule has 0 aromatic carbocycles. The molecule has 0 aliphatic carbocycles. The second-order valence-electron chi connectivity index (χ2n) is 8.34. The van der Waals surface area contributed by atoms with Gasteiger partial charge in [0.1, 0.15) is 18.0 Å². The van der Waals surface area contributed by atoms with Crippen LogP contribution in [0.15, 0.2) is 12.4 Å². The summed E-state index contributed by atoms with van der Waals surface area (Å²) in [4.78, 5) is 23.6. The van der Waals surface area contributed by atoms with Crippen LogP contribution in [0.3, 0.4) is 0 Å². The first-order valence-corrected chi connectivity index (χ1v) is 11.1. The molecule has 3 rings (SSSR count). The molecule has 10 nitrogen and oxygen atoms in total. The van der Waals surface area contributed by atoms with Gasteiger partial charge in [0.05, 0.1) is 17.9 Å². The molecule has 13 heteroatoms. The number of carbonyl (C=O) groups is 1. The van der Waals surface area contributed by atoms with Crippen molar-refractivity contribution in [2.24, 2.45) is 0 Å². The Hall–Kier alpha value is -2.93. The minimum Gasteiger partial charge on any atom is -0.372 e. The summed E-state index contributed by atoms with van der Waals surface area (Å²) < 4.78 is 47.4. The van der Waals surface area contributed by atoms with Gasteiger partial charge in [-0.15, -0.1) is 0 Å². The van der Waals surface area contributed by atoms with Crippen LogP contribution in [0.25, 0.3) is 0 Å². The lowest BCUT2D eigenvalue weighted by Crippen LogP contribution is -2.34. The molecule has 3 heterocycles. The smallest absolute Gasteiger partial charge is 0.372 e. The fourth-order valence-corrected chi connectivity index (χ4v) is 3.41. The molecule has 0 atom stereocenters. The van der Waals surface area contributed by atoms with Gasteiger partial charge in [-0.1, -0.05) is 0 Å². The molecule has 34 heavy (non-hydrogen) atoms. The first-order chi connectivity index (χ1) is 16.1. The number of likely N-dealkylation sites (N-methyl/N-ethyl adjacent to an activating group) is 1. The van der Waals surface area contributed by atoms with Gasteiger partial charge < -0.3 is 25.2 Å². The lowest BCUT2D eigenvalue weighted by atomic mass is 10.3. The van der Waals surface area contributed by atoms with Gasteiger partial charge in [0, 0.05) is 45.2 Å². The van der Waals surface area contributed by atoms with E-state index in [1.54, 1.807) is 22.7 Å². The highest BCUT2D eigenvalue weighted by molar-refractivity contribution is 5.77. The molecule has 1 aliphatic rings. The monoisotopic (exact) mass is 484 g/mol. The summed E-state index contributed by atoms with van der Waals surface area (Å²) in [5.41, 5.74) is 0.352. The van der Waals surface area contributed by atoms with E-state index in [0.29, 0.717) is 44.0 Å². The third kappa shape index (κ3) is 7.29. The Labute approximate surface area is 196 Å². The Kier molecular flexibility index (Phi) is 8.67. The van der Waals surface area contributed by atoms with E-state index >= 15 is 0 Å². The quantitative estimate of drug-likeness (QED) is 0.496. The van der Waals surface area contributed by atoms with Crippen molar-refractivity contribution in [2.75, 3.05) is 64.1 Å². The van der Waals surface area contributed by atoms with Gasteiger partial charge in [-0.25, -0.2) is 4.98 Å². The second kappa shape index (κ2) is 11.5. The van der Waals surface area contributed by atoms with Gasteiger partial charge in [0.2, 0.25) is 11.9 Å². The Balaban J connectivity index is 1.66. The number of halogens is 3. The summed E-state index contributed by atoms with van der Waals surface area (Å²) >= 11 is 0. The lowest BCUT2D eigenvalue weighted by molar-refractivity contribution is -0.137. The lowest BCUT2D eigenvalue weighted by Gasteiger charge is -2.20. The summed E-state index contributed by atoms with van der Waals surface area (Å²) in [6, 6.07) is 0. The molecule has 188 valence electrons. The number of carbonyl (C=O) groups excluding carboxylic acids is 1. The van der Waals surface area contributed by atoms with Crippen LogP contribution in [-0.2, 0) is 22.3 Å². The van der Waals surface area contributed by atoms with E-state index in [0.717, 1.165) is 19.2 Å². The second-order valence-corrected chi connectivity index (χ2v) is 8.34. The number of aromatic nitrogens is 4. The summed E-state index contributed by atoms with van der Waals surface area (Å²) in [5.74, 6) is -0.387. The fraction of sp³-hybridized carbons (Fsp3) is 0.619. The zero-order chi connectivity index (χ0) is 24.7. The molecule has 2 N–H and O–H groups in total. The van der Waals surface area contributed by atoms with Crippen LogP contribution in [0, 0.1) is 6.92 Å². The van der Waals surface area contributed by atoms with E-state index in [4.69, 9.17) is 4.74 Å². The van der Waals surface area contributed by atoms with Crippen LogP contribution >= 0.6 is 0 Å². The van der Waals surface area contributed by atoms with Crippen LogP contribution in [0.5, 0.6) is 0 Å². The van der Waals surface area contributed by atoms with Gasteiger partial charge >= 0.3 is 6.18 Å². The minimum absolute atomic E-state index is 0.0330. The number of ether oxygens (including phenoxy) is 1. The van der Waals surface area contributed by atoms with Crippen LogP contribution in [0.2, 0.25) is 0 Å². The Bertz CT molecular complexity index is 964. The predicted molar refractivity (Wildman–Crippen MR) is 121 cm³/mol. The van der Waals surface area contributed by atoms with Gasteiger partial charge in [0.15, 0.2) is 0 Å². The standard InChI is InChI=1S/C21H31F3N8O2/c1-15-17(13-32(29-15)10-9-30(2)3)27-20-26-12-16(21(22,23)24)19(28-20)25-6-4-7-31-8-5-11-34-14-18(31)33/h12-13H,4-11,14H2,1-3H3,(H2,25,26,27,28). The molecule has 1 fully saturated rings. The molecule has 1 saturated heterocycles. The normalized spacial score (nSPS) is 15.0. The number of alkyl halides is 3. The van der Waals surface area contributed by atoms with Gasteiger partial charge in [-0.3, -0.25) is 9.48 Å². The molecule has 0 unspecified atom stereocenters. The number of nitrogens with zero attached hydrogens (tertiary/aromatic N) is 6. The van der Waals surface area contributed by atoms with E-state index in [9.17, 15) is 18.0 Å². The van der Waals surface area contributed by atoms with E-state index in [1.807, 2.05) is 19.0 Å². The van der Waals surface area contributed by atoms with Gasteiger partial charge in [0.25, 0.3) is 0 Å². The van der Waals surface area contributed by atoms with Crippen molar-refractivity contribution < 1.29 is 22.7 Å². The zero-order valence-corrected chi connectivity index (χ0v) is 19.7. The van der Waals surface area contributed by atoms with Crippen molar-refractivity contribution in [1.29, 1.82) is 0 Å². The predicted octanol–water partition coefficient (Wildman–Crippen LogP) is 2.36. The molecule has 1 aliphatic heterocycles. The highest BCUT2D eigenvalue weighted by Gasteiger charge is 2.35. The average molecular weight is 485 g/mol. The summed E-state index contributed by atoms with van der Waals surface area (Å²) in [5, 5.41) is 10.1. The Morgan fingerprint density at radius 2 is 2.06 bits per heavy atom. The van der Waals surface area contributed by atoms with Crippen LogP contribution in [0.1, 0.15) is 24.1 Å². The van der Waals surface area contributed by atoms with Crippen LogP contribution in [0.4, 0.5) is 30.6 Å². The topological polar surface area (TPSA) is 100 Å². The Morgan fingerprint density at radius 3 is 2.79 bits per heavy atom. The largest absolute Gasteiger partial charge is 0.421 e. The highest BCUT2D eigenvalue weighted by Crippen LogP contribution is 2.34. The number of anilines is 3. The maximum Gasteiger partial charge on any atom is 0.421 e. The van der Waals surface area contributed by atoms with E-state index in [-0.39, 0.29) is 30.8 Å². The number of amides is 1. The zero-order valence-electron chi connectivity index (χ0n) is 19.7. The van der Waals surface area contributed by atoms with Crippen molar-refractivity contribution in [2.45, 2.75) is 32.5 Å². The minimum atomic E-state index is -4.61. The maximum absolute atomic E-state index is 13.5. The number of hydrogen-bond donors (Lipinski definition) is 2. The van der Waals surface area contributed by atoms with Crippen molar-refractivity contribution in [3.63, 3.8) is 0 Å². The molecule has 0 radical (unpaired) electrons. The number of nitrogens with one attached hydrogen (secondary N) is 2. The maximum atomic E-state index is 13.5. The third-order valence-corrected chi connectivity index (χ3v) is 5.26. The summed E-state index contributed by atoms with van der Waals surface area (Å²) in [6.07, 6.45) is -0.864. The number of rotatable bonds is 10. The molecule has 0 bridgehead atoms. The van der Waals surface area contributed by atoms with Crippen LogP contribution in [-0.4, -0.2) is 88.9 Å². The SMILES string of the molecule is Cc1nn(CCN(C)C)cc1Nc1ncc(C(F)(F)F)c(NCCCN2CCCOCC2=O)n1. The molecular weight excluding hydrogens is 453 g/mol. The number of aryl methyl sites for hydroxylation is 1. The van der Waals surface area contributed by atoms with Crippen LogP contribution < -0.4 is 10.6 Å². The highest BCUT2D eigenvalue weighted by atomic mass is 19.4. The van der Waals surface area contributed by atoms with E-state index in [2.05, 4.69) is 25.7 Å². The third-order valence-electron chi connectivity index (χ3n) is 5.26. The summed E-state index contributed by atoms with van der Waals surface area (Å²) in [7, 11) is 3.92. The average Bonchev–Trinajstić information content (AvgIpc) is 2.97. The van der Waals surface area contributed by atoms with Crippen molar-refractivity contribution in [1.82, 2.24) is 29.5 Å². The number of hydrogen-bond acceptors (Lipinski definition) is 8. The van der Waals surface area contributed by atoms with Gasteiger partial charge in [-0.05, 0) is 33.9 Å². The molecule has 0 saturated carbocycles. The Morgan fingerprint density at radius 1 is 1.26 bits per heavy atom. The fourth-order valence-electron chi connectivity index (χ4n) is 3.41. The first-order valence-electron chi connectivity index (χ1n) is 11.1. The van der Waals surface area contributed by atoms with E-state index < -0.39 is 11.7 Å². The molecule has 2 aromatic heterocycles. The molecular formula is C21H31F3N8O2. The van der Waals surface area contributed by atoms with E-state index in [1.165, 1.54) is 0 Å². The molecule has 0 spiro atoms. The molecule has 2 aromatic rings. The van der Waals surface area contributed by atoms with Crippen molar-refractivity contribution in [3.8, 4) is 0 Å². The van der Waals surface area contributed by atoms with Crippen molar-refractivity contribution in [3.05, 3.63) is 23.7 Å². The molecule has 1 amide bonds.